The van der Waals surface area contributed by atoms with E-state index in [1.165, 1.54) is 23.1 Å². The van der Waals surface area contributed by atoms with E-state index in [9.17, 15) is 9.59 Å². The van der Waals surface area contributed by atoms with Crippen LogP contribution in [0.5, 0.6) is 0 Å². The van der Waals surface area contributed by atoms with E-state index in [0.717, 1.165) is 12.8 Å². The van der Waals surface area contributed by atoms with E-state index in [1.54, 1.807) is 17.9 Å². The van der Waals surface area contributed by atoms with Gasteiger partial charge < -0.3 is 13.7 Å². The van der Waals surface area contributed by atoms with Crippen molar-refractivity contribution in [1.82, 2.24) is 30.1 Å². The summed E-state index contributed by atoms with van der Waals surface area (Å²) in [6.07, 6.45) is 3.89. The highest BCUT2D eigenvalue weighted by Crippen LogP contribution is 2.38. The third-order valence-corrected chi connectivity index (χ3v) is 3.94. The molecular weight excluding hydrogens is 340 g/mol. The first-order valence-corrected chi connectivity index (χ1v) is 8.15. The molecule has 0 N–H and O–H groups in total. The Kier molecular flexibility index (Phi) is 4.07. The Labute approximate surface area is 147 Å². The first-order valence-electron chi connectivity index (χ1n) is 8.15. The van der Waals surface area contributed by atoms with E-state index in [1.807, 2.05) is 0 Å². The summed E-state index contributed by atoms with van der Waals surface area (Å²) in [6, 6.07) is 4.17. The van der Waals surface area contributed by atoms with Crippen molar-refractivity contribution in [3.8, 4) is 0 Å². The minimum Gasteiger partial charge on any atom is -0.423 e. The molecular formula is C16H16N6O4. The molecule has 0 aliphatic heterocycles. The fourth-order valence-electron chi connectivity index (χ4n) is 2.46. The maximum absolute atomic E-state index is 12.3. The third-order valence-electron chi connectivity index (χ3n) is 3.94. The lowest BCUT2D eigenvalue weighted by Crippen LogP contribution is -2.27. The molecule has 1 aliphatic rings. The van der Waals surface area contributed by atoms with Gasteiger partial charge in [-0.1, -0.05) is 11.3 Å². The summed E-state index contributed by atoms with van der Waals surface area (Å²) in [5, 5.41) is 16.1. The van der Waals surface area contributed by atoms with Gasteiger partial charge in [-0.3, -0.25) is 4.79 Å². The van der Waals surface area contributed by atoms with Crippen molar-refractivity contribution in [2.45, 2.75) is 31.8 Å². The molecule has 3 heterocycles. The normalized spacial score (nSPS) is 13.7. The highest BCUT2D eigenvalue weighted by molar-refractivity contribution is 5.91. The molecule has 3 aromatic heterocycles. The van der Waals surface area contributed by atoms with Crippen LogP contribution < -0.4 is 5.63 Å². The summed E-state index contributed by atoms with van der Waals surface area (Å²) in [7, 11) is 1.59. The zero-order valence-electron chi connectivity index (χ0n) is 14.0. The van der Waals surface area contributed by atoms with E-state index in [-0.39, 0.29) is 12.3 Å². The number of amides is 1. The molecule has 10 heteroatoms. The van der Waals surface area contributed by atoms with Crippen LogP contribution in [0.3, 0.4) is 0 Å². The van der Waals surface area contributed by atoms with Gasteiger partial charge in [0.1, 0.15) is 12.2 Å². The summed E-state index contributed by atoms with van der Waals surface area (Å²) < 4.78 is 12.1. The second-order valence-electron chi connectivity index (χ2n) is 6.19. The van der Waals surface area contributed by atoms with Gasteiger partial charge in [-0.05, 0) is 18.9 Å². The lowest BCUT2D eigenvalue weighted by molar-refractivity contribution is 0.0746. The van der Waals surface area contributed by atoms with E-state index in [0.29, 0.717) is 29.9 Å². The van der Waals surface area contributed by atoms with Crippen LogP contribution in [0.15, 0.2) is 38.0 Å². The first kappa shape index (κ1) is 16.2. The molecule has 1 amide bonds. The van der Waals surface area contributed by atoms with Crippen molar-refractivity contribution in [3.05, 3.63) is 58.1 Å². The van der Waals surface area contributed by atoms with E-state index in [2.05, 4.69) is 20.5 Å². The largest absolute Gasteiger partial charge is 0.423 e. The lowest BCUT2D eigenvalue weighted by atomic mass is 10.3. The quantitative estimate of drug-likeness (QED) is 0.636. The van der Waals surface area contributed by atoms with Crippen molar-refractivity contribution in [1.29, 1.82) is 0 Å². The second kappa shape index (κ2) is 6.54. The molecule has 0 bridgehead atoms. The fourth-order valence-corrected chi connectivity index (χ4v) is 2.46. The molecule has 3 aromatic rings. The van der Waals surface area contributed by atoms with Crippen molar-refractivity contribution >= 4 is 5.91 Å². The van der Waals surface area contributed by atoms with Crippen LogP contribution in [-0.4, -0.2) is 43.0 Å². The summed E-state index contributed by atoms with van der Waals surface area (Å²) in [5.41, 5.74) is 0.0152. The Bertz CT molecular complexity index is 986. The van der Waals surface area contributed by atoms with Gasteiger partial charge >= 0.3 is 5.63 Å². The number of rotatable bonds is 6. The van der Waals surface area contributed by atoms with E-state index >= 15 is 0 Å². The monoisotopic (exact) mass is 356 g/mol. The van der Waals surface area contributed by atoms with E-state index < -0.39 is 11.5 Å². The molecule has 10 nitrogen and oxygen atoms in total. The topological polar surface area (TPSA) is 120 Å². The molecule has 0 unspecified atom stereocenters. The lowest BCUT2D eigenvalue weighted by Gasteiger charge is -2.14. The molecule has 0 spiro atoms. The SMILES string of the molecule is CN(Cc1cn(Cc2nnc(C3CC3)o2)nn1)C(=O)c1cccc(=O)o1. The van der Waals surface area contributed by atoms with Crippen LogP contribution in [0.1, 0.15) is 46.8 Å². The summed E-state index contributed by atoms with van der Waals surface area (Å²) in [6.45, 7) is 0.534. The number of hydrogen-bond acceptors (Lipinski definition) is 8. The molecule has 0 atom stereocenters. The van der Waals surface area contributed by atoms with Gasteiger partial charge in [-0.2, -0.15) is 0 Å². The standard InChI is InChI=1S/C16H16N6O4/c1-21(16(24)12-3-2-4-14(23)25-12)7-11-8-22(20-17-11)9-13-18-19-15(26-13)10-5-6-10/h2-4,8,10H,5-7,9H2,1H3. The number of carbonyl (C=O) groups excluding carboxylic acids is 1. The maximum Gasteiger partial charge on any atom is 0.336 e. The second-order valence-corrected chi connectivity index (χ2v) is 6.19. The number of carbonyl (C=O) groups is 1. The van der Waals surface area contributed by atoms with Crippen LogP contribution in [0.4, 0.5) is 0 Å². The highest BCUT2D eigenvalue weighted by atomic mass is 16.4. The Hall–Kier alpha value is -3.30. The predicted molar refractivity (Wildman–Crippen MR) is 86.2 cm³/mol. The number of nitrogens with zero attached hydrogens (tertiary/aromatic N) is 6. The maximum atomic E-state index is 12.3. The fraction of sp³-hybridized carbons (Fsp3) is 0.375. The average Bonchev–Trinajstić information content (AvgIpc) is 3.23. The smallest absolute Gasteiger partial charge is 0.336 e. The number of aromatic nitrogens is 5. The molecule has 0 radical (unpaired) electrons. The van der Waals surface area contributed by atoms with Gasteiger partial charge in [-0.15, -0.1) is 15.3 Å². The van der Waals surface area contributed by atoms with Gasteiger partial charge in [0.05, 0.1) is 12.7 Å². The molecule has 1 saturated carbocycles. The molecule has 0 aromatic carbocycles. The van der Waals surface area contributed by atoms with E-state index in [4.69, 9.17) is 8.83 Å². The zero-order valence-corrected chi connectivity index (χ0v) is 14.0. The molecule has 1 fully saturated rings. The number of hydrogen-bond donors (Lipinski definition) is 0. The molecule has 26 heavy (non-hydrogen) atoms. The summed E-state index contributed by atoms with van der Waals surface area (Å²) in [5.74, 6) is 1.11. The molecule has 134 valence electrons. The Morgan fingerprint density at radius 2 is 2.12 bits per heavy atom. The minimum absolute atomic E-state index is 0.0224. The summed E-state index contributed by atoms with van der Waals surface area (Å²) in [4.78, 5) is 24.9. The van der Waals surface area contributed by atoms with Crippen LogP contribution in [0.25, 0.3) is 0 Å². The van der Waals surface area contributed by atoms with Crippen molar-refractivity contribution in [2.24, 2.45) is 0 Å². The zero-order chi connectivity index (χ0) is 18.1. The van der Waals surface area contributed by atoms with Crippen molar-refractivity contribution in [3.63, 3.8) is 0 Å². The summed E-state index contributed by atoms with van der Waals surface area (Å²) >= 11 is 0. The highest BCUT2D eigenvalue weighted by Gasteiger charge is 2.29. The molecule has 4 rings (SSSR count). The van der Waals surface area contributed by atoms with Crippen LogP contribution >= 0.6 is 0 Å². The van der Waals surface area contributed by atoms with Gasteiger partial charge in [0.2, 0.25) is 11.8 Å². The molecule has 1 aliphatic carbocycles. The van der Waals surface area contributed by atoms with Gasteiger partial charge in [-0.25, -0.2) is 9.48 Å². The molecule has 0 saturated heterocycles. The first-order chi connectivity index (χ1) is 12.6. The van der Waals surface area contributed by atoms with Crippen LogP contribution in [-0.2, 0) is 13.1 Å². The Balaban J connectivity index is 1.39. The van der Waals surface area contributed by atoms with Gasteiger partial charge in [0.25, 0.3) is 5.91 Å². The average molecular weight is 356 g/mol. The van der Waals surface area contributed by atoms with Crippen LogP contribution in [0.2, 0.25) is 0 Å². The van der Waals surface area contributed by atoms with Crippen LogP contribution in [0, 0.1) is 0 Å². The predicted octanol–water partition coefficient (Wildman–Crippen LogP) is 0.812. The van der Waals surface area contributed by atoms with Crippen molar-refractivity contribution < 1.29 is 13.6 Å². The minimum atomic E-state index is -0.569. The Morgan fingerprint density at radius 3 is 2.88 bits per heavy atom. The van der Waals surface area contributed by atoms with Gasteiger partial charge in [0, 0.05) is 19.0 Å². The third kappa shape index (κ3) is 3.53. The van der Waals surface area contributed by atoms with Gasteiger partial charge in [0.15, 0.2) is 5.76 Å². The Morgan fingerprint density at radius 1 is 1.27 bits per heavy atom. The van der Waals surface area contributed by atoms with Crippen molar-refractivity contribution in [2.75, 3.05) is 7.05 Å².